The minimum Gasteiger partial charge on any atom is -0.401 e. The van der Waals surface area contributed by atoms with Gasteiger partial charge in [-0.15, -0.1) is 0 Å². The van der Waals surface area contributed by atoms with Crippen molar-refractivity contribution in [3.8, 4) is 0 Å². The summed E-state index contributed by atoms with van der Waals surface area (Å²) in [5, 5.41) is 17.7. The molecule has 0 saturated heterocycles. The third-order valence-corrected chi connectivity index (χ3v) is 2.06. The van der Waals surface area contributed by atoms with Crippen LogP contribution >= 0.6 is 12.2 Å². The zero-order valence-corrected chi connectivity index (χ0v) is 12.2. The number of nitro groups is 1. The van der Waals surface area contributed by atoms with Crippen LogP contribution in [0.4, 0.5) is 5.88 Å². The van der Waals surface area contributed by atoms with Gasteiger partial charge in [-0.2, -0.15) is 5.10 Å². The van der Waals surface area contributed by atoms with Crippen LogP contribution in [0.15, 0.2) is 27.7 Å². The van der Waals surface area contributed by atoms with Crippen molar-refractivity contribution in [3.05, 3.63) is 34.1 Å². The lowest BCUT2D eigenvalue weighted by Crippen LogP contribution is -2.44. The molecule has 108 valence electrons. The summed E-state index contributed by atoms with van der Waals surface area (Å²) in [5.41, 5.74) is 2.51. The van der Waals surface area contributed by atoms with Crippen LogP contribution in [-0.4, -0.2) is 21.8 Å². The Hall–Kier alpha value is -2.22. The molecule has 0 aliphatic heterocycles. The smallest absolute Gasteiger partial charge is 0.401 e. The monoisotopic (exact) mass is 296 g/mol. The molecule has 0 unspecified atom stereocenters. The minimum atomic E-state index is -0.594. The third kappa shape index (κ3) is 6.10. The Morgan fingerprint density at radius 1 is 1.50 bits per heavy atom. The van der Waals surface area contributed by atoms with E-state index in [1.807, 2.05) is 20.8 Å². The second-order valence-electron chi connectivity index (χ2n) is 4.89. The van der Waals surface area contributed by atoms with Gasteiger partial charge in [0.1, 0.15) is 10.7 Å². The predicted molar refractivity (Wildman–Crippen MR) is 81.5 cm³/mol. The molecule has 8 heteroatoms. The lowest BCUT2D eigenvalue weighted by Gasteiger charge is -2.21. The highest BCUT2D eigenvalue weighted by Gasteiger charge is 2.10. The van der Waals surface area contributed by atoms with Crippen LogP contribution in [0.5, 0.6) is 0 Å². The van der Waals surface area contributed by atoms with Gasteiger partial charge in [-0.05, 0) is 51.2 Å². The van der Waals surface area contributed by atoms with E-state index in [2.05, 4.69) is 15.8 Å². The largest absolute Gasteiger partial charge is 0.433 e. The van der Waals surface area contributed by atoms with Crippen LogP contribution in [0.3, 0.4) is 0 Å². The zero-order valence-electron chi connectivity index (χ0n) is 11.4. The maximum atomic E-state index is 10.4. The van der Waals surface area contributed by atoms with E-state index in [1.165, 1.54) is 18.3 Å². The van der Waals surface area contributed by atoms with Crippen LogP contribution < -0.4 is 10.7 Å². The number of rotatable bonds is 4. The van der Waals surface area contributed by atoms with Gasteiger partial charge in [0.15, 0.2) is 5.11 Å². The number of furan rings is 1. The maximum absolute atomic E-state index is 10.4. The van der Waals surface area contributed by atoms with Gasteiger partial charge in [0.2, 0.25) is 0 Å². The maximum Gasteiger partial charge on any atom is 0.433 e. The molecular formula is C12H16N4O3S. The van der Waals surface area contributed by atoms with Crippen LogP contribution in [-0.2, 0) is 0 Å². The summed E-state index contributed by atoms with van der Waals surface area (Å²) >= 11 is 5.02. The number of thiocarbonyl (C=S) groups is 1. The Balaban J connectivity index is 2.42. The predicted octanol–water partition coefficient (Wildman–Crippen LogP) is 2.45. The van der Waals surface area contributed by atoms with Gasteiger partial charge in [0.25, 0.3) is 0 Å². The average molecular weight is 296 g/mol. The summed E-state index contributed by atoms with van der Waals surface area (Å²) in [6.07, 6.45) is 4.60. The number of hydrazone groups is 1. The molecule has 0 saturated carbocycles. The quantitative estimate of drug-likeness (QED) is 0.384. The highest BCUT2D eigenvalue weighted by Crippen LogP contribution is 2.16. The lowest BCUT2D eigenvalue weighted by atomic mass is 10.1. The van der Waals surface area contributed by atoms with Gasteiger partial charge in [0, 0.05) is 11.8 Å². The van der Waals surface area contributed by atoms with Crippen molar-refractivity contribution in [1.29, 1.82) is 0 Å². The van der Waals surface area contributed by atoms with Crippen molar-refractivity contribution in [2.45, 2.75) is 26.3 Å². The number of nitrogens with zero attached hydrogens (tertiary/aromatic N) is 2. The van der Waals surface area contributed by atoms with Crippen molar-refractivity contribution in [2.75, 3.05) is 0 Å². The molecule has 0 radical (unpaired) electrons. The first-order chi connectivity index (χ1) is 9.28. The summed E-state index contributed by atoms with van der Waals surface area (Å²) in [6, 6.07) is 2.79. The number of nitrogens with one attached hydrogen (secondary N) is 2. The Labute approximate surface area is 121 Å². The number of hydrogen-bond acceptors (Lipinski definition) is 5. The second kappa shape index (κ2) is 6.80. The minimum absolute atomic E-state index is 0.136. The fourth-order valence-electron chi connectivity index (χ4n) is 1.18. The molecule has 7 nitrogen and oxygen atoms in total. The molecule has 0 spiro atoms. The van der Waals surface area contributed by atoms with Crippen molar-refractivity contribution in [1.82, 2.24) is 10.7 Å². The highest BCUT2D eigenvalue weighted by molar-refractivity contribution is 7.80. The fourth-order valence-corrected chi connectivity index (χ4v) is 1.53. The van der Waals surface area contributed by atoms with E-state index >= 15 is 0 Å². The van der Waals surface area contributed by atoms with Gasteiger partial charge < -0.3 is 9.73 Å². The summed E-state index contributed by atoms with van der Waals surface area (Å²) in [5.74, 6) is 0.0776. The second-order valence-corrected chi connectivity index (χ2v) is 5.29. The lowest BCUT2D eigenvalue weighted by molar-refractivity contribution is -0.402. The topological polar surface area (TPSA) is 92.7 Å². The van der Waals surface area contributed by atoms with Crippen molar-refractivity contribution in [3.63, 3.8) is 0 Å². The summed E-state index contributed by atoms with van der Waals surface area (Å²) in [4.78, 5) is 9.82. The molecule has 20 heavy (non-hydrogen) atoms. The summed E-state index contributed by atoms with van der Waals surface area (Å²) < 4.78 is 4.93. The first-order valence-electron chi connectivity index (χ1n) is 5.80. The number of hydrogen-bond donors (Lipinski definition) is 2. The molecule has 1 heterocycles. The van der Waals surface area contributed by atoms with E-state index in [0.717, 1.165) is 0 Å². The molecule has 0 aliphatic carbocycles. The molecule has 0 fully saturated rings. The van der Waals surface area contributed by atoms with Crippen LogP contribution in [0.1, 0.15) is 26.5 Å². The normalized spacial score (nSPS) is 11.9. The molecule has 0 bridgehead atoms. The molecule has 1 rings (SSSR count). The van der Waals surface area contributed by atoms with E-state index in [1.54, 1.807) is 12.2 Å². The van der Waals surface area contributed by atoms with Crippen LogP contribution in [0.2, 0.25) is 0 Å². The number of allylic oxidation sites excluding steroid dienone is 1. The van der Waals surface area contributed by atoms with E-state index in [9.17, 15) is 10.1 Å². The van der Waals surface area contributed by atoms with Crippen molar-refractivity contribution >= 4 is 35.5 Å². The van der Waals surface area contributed by atoms with Gasteiger partial charge in [-0.1, -0.05) is 0 Å². The molecule has 1 aromatic heterocycles. The summed E-state index contributed by atoms with van der Waals surface area (Å²) in [6.45, 7) is 5.94. The van der Waals surface area contributed by atoms with Gasteiger partial charge in [-0.3, -0.25) is 15.5 Å². The molecule has 1 aromatic rings. The zero-order chi connectivity index (χ0) is 15.2. The Bertz CT molecular complexity index is 543. The molecule has 0 amide bonds. The Kier molecular flexibility index (Phi) is 5.39. The third-order valence-electron chi connectivity index (χ3n) is 1.87. The Morgan fingerprint density at radius 2 is 2.20 bits per heavy atom. The van der Waals surface area contributed by atoms with Crippen molar-refractivity contribution < 1.29 is 9.34 Å². The average Bonchev–Trinajstić information content (AvgIpc) is 2.75. The Morgan fingerprint density at radius 3 is 2.75 bits per heavy atom. The summed E-state index contributed by atoms with van der Waals surface area (Å²) in [7, 11) is 0. The van der Waals surface area contributed by atoms with E-state index < -0.39 is 4.92 Å². The van der Waals surface area contributed by atoms with Crippen LogP contribution in [0.25, 0.3) is 6.08 Å². The molecule has 2 N–H and O–H groups in total. The van der Waals surface area contributed by atoms with Crippen LogP contribution in [0, 0.1) is 10.1 Å². The van der Waals surface area contributed by atoms with E-state index in [-0.39, 0.29) is 11.4 Å². The van der Waals surface area contributed by atoms with Gasteiger partial charge in [0.05, 0.1) is 6.07 Å². The highest BCUT2D eigenvalue weighted by atomic mass is 32.1. The van der Waals surface area contributed by atoms with Gasteiger partial charge in [-0.25, -0.2) is 0 Å². The SMILES string of the molecule is CC(C)(C)NC(=S)N/N=C/C=C/c1ccc([N+](=O)[O-])o1. The molecule has 0 aliphatic rings. The van der Waals surface area contributed by atoms with E-state index in [0.29, 0.717) is 10.9 Å². The fraction of sp³-hybridized carbons (Fsp3) is 0.333. The molecular weight excluding hydrogens is 280 g/mol. The molecule has 0 aromatic carbocycles. The first-order valence-corrected chi connectivity index (χ1v) is 6.21. The first kappa shape index (κ1) is 15.8. The van der Waals surface area contributed by atoms with Gasteiger partial charge >= 0.3 is 5.88 Å². The van der Waals surface area contributed by atoms with E-state index in [4.69, 9.17) is 16.6 Å². The standard InChI is InChI=1S/C12H16N4O3S/c1-12(2,3)14-11(20)15-13-8-4-5-9-6-7-10(19-9)16(17)18/h4-8H,1-3H3,(H2,14,15,20)/b5-4+,13-8+. The van der Waals surface area contributed by atoms with Crippen molar-refractivity contribution in [2.24, 2.45) is 5.10 Å². The molecule has 0 atom stereocenters.